The van der Waals surface area contributed by atoms with Crippen LogP contribution in [0.3, 0.4) is 0 Å². The zero-order chi connectivity index (χ0) is 15.5. The molecule has 0 bridgehead atoms. The molecule has 6 nitrogen and oxygen atoms in total. The standard InChI is InChI=1S/C13H12ClN3O3S/c1-21(19,20)17-11-4-2-3-10(7-11)16-13(18)9-5-6-12(14)15-8-9/h2-8,17H,1H3,(H,16,18). The number of hydrogen-bond acceptors (Lipinski definition) is 4. The van der Waals surface area contributed by atoms with Gasteiger partial charge in [-0.1, -0.05) is 17.7 Å². The summed E-state index contributed by atoms with van der Waals surface area (Å²) in [5.41, 5.74) is 1.18. The van der Waals surface area contributed by atoms with Crippen molar-refractivity contribution >= 4 is 38.9 Å². The van der Waals surface area contributed by atoms with Gasteiger partial charge in [-0.15, -0.1) is 0 Å². The second-order valence-corrected chi connectivity index (χ2v) is 6.41. The van der Waals surface area contributed by atoms with E-state index in [-0.39, 0.29) is 5.91 Å². The van der Waals surface area contributed by atoms with Crippen molar-refractivity contribution in [2.75, 3.05) is 16.3 Å². The topological polar surface area (TPSA) is 88.2 Å². The van der Waals surface area contributed by atoms with Crippen LogP contribution in [0, 0.1) is 0 Å². The molecular formula is C13H12ClN3O3S. The number of anilines is 2. The Kier molecular flexibility index (Phi) is 4.44. The molecule has 0 aliphatic heterocycles. The Morgan fingerprint density at radius 2 is 1.90 bits per heavy atom. The second-order valence-electron chi connectivity index (χ2n) is 4.28. The van der Waals surface area contributed by atoms with Crippen LogP contribution in [0.15, 0.2) is 42.6 Å². The molecule has 110 valence electrons. The molecule has 0 aliphatic rings. The van der Waals surface area contributed by atoms with Crippen LogP contribution >= 0.6 is 11.6 Å². The predicted molar refractivity (Wildman–Crippen MR) is 82.1 cm³/mol. The van der Waals surface area contributed by atoms with Crippen LogP contribution in [0.4, 0.5) is 11.4 Å². The van der Waals surface area contributed by atoms with Crippen molar-refractivity contribution in [1.82, 2.24) is 4.98 Å². The van der Waals surface area contributed by atoms with E-state index in [9.17, 15) is 13.2 Å². The Balaban J connectivity index is 2.14. The molecule has 0 spiro atoms. The first-order valence-electron chi connectivity index (χ1n) is 5.84. The van der Waals surface area contributed by atoms with Gasteiger partial charge in [0, 0.05) is 11.9 Å². The van der Waals surface area contributed by atoms with Crippen LogP contribution < -0.4 is 10.0 Å². The van der Waals surface area contributed by atoms with Gasteiger partial charge < -0.3 is 5.32 Å². The van der Waals surface area contributed by atoms with Crippen LogP contribution in [0.2, 0.25) is 5.15 Å². The molecule has 0 radical (unpaired) electrons. The van der Waals surface area contributed by atoms with Crippen LogP contribution in [-0.4, -0.2) is 25.6 Å². The number of aromatic nitrogens is 1. The fourth-order valence-electron chi connectivity index (χ4n) is 1.59. The van der Waals surface area contributed by atoms with Gasteiger partial charge >= 0.3 is 0 Å². The lowest BCUT2D eigenvalue weighted by Crippen LogP contribution is -2.13. The summed E-state index contributed by atoms with van der Waals surface area (Å²) in [4.78, 5) is 15.8. The normalized spacial score (nSPS) is 11.0. The number of amides is 1. The third-order valence-electron chi connectivity index (χ3n) is 2.41. The van der Waals surface area contributed by atoms with Gasteiger partial charge in [0.2, 0.25) is 10.0 Å². The van der Waals surface area contributed by atoms with E-state index >= 15 is 0 Å². The lowest BCUT2D eigenvalue weighted by molar-refractivity contribution is 0.102. The van der Waals surface area contributed by atoms with E-state index in [4.69, 9.17) is 11.6 Å². The van der Waals surface area contributed by atoms with Gasteiger partial charge in [0.1, 0.15) is 5.15 Å². The number of nitrogens with zero attached hydrogens (tertiary/aromatic N) is 1. The minimum atomic E-state index is -3.37. The molecular weight excluding hydrogens is 314 g/mol. The number of carbonyl (C=O) groups is 1. The third kappa shape index (κ3) is 4.73. The van der Waals surface area contributed by atoms with Crippen molar-refractivity contribution in [2.24, 2.45) is 0 Å². The van der Waals surface area contributed by atoms with Crippen molar-refractivity contribution in [1.29, 1.82) is 0 Å². The Morgan fingerprint density at radius 1 is 1.19 bits per heavy atom. The van der Waals surface area contributed by atoms with E-state index in [1.807, 2.05) is 0 Å². The Bertz CT molecular complexity index is 760. The summed E-state index contributed by atoms with van der Waals surface area (Å²) < 4.78 is 24.7. The molecule has 2 N–H and O–H groups in total. The summed E-state index contributed by atoms with van der Waals surface area (Å²) in [5.74, 6) is -0.365. The lowest BCUT2D eigenvalue weighted by Gasteiger charge is -2.08. The zero-order valence-corrected chi connectivity index (χ0v) is 12.6. The van der Waals surface area contributed by atoms with Crippen LogP contribution in [0.1, 0.15) is 10.4 Å². The summed E-state index contributed by atoms with van der Waals surface area (Å²) in [6, 6.07) is 9.43. The van der Waals surface area contributed by atoms with Gasteiger partial charge in [0.15, 0.2) is 0 Å². The molecule has 2 aromatic rings. The maximum Gasteiger partial charge on any atom is 0.257 e. The highest BCUT2D eigenvalue weighted by Crippen LogP contribution is 2.17. The Labute approximate surface area is 127 Å². The first-order chi connectivity index (χ1) is 9.83. The van der Waals surface area contributed by atoms with Crippen LogP contribution in [0.5, 0.6) is 0 Å². The van der Waals surface area contributed by atoms with E-state index in [0.717, 1.165) is 6.26 Å². The predicted octanol–water partition coefficient (Wildman–Crippen LogP) is 2.36. The average molecular weight is 326 g/mol. The molecule has 1 aromatic heterocycles. The third-order valence-corrected chi connectivity index (χ3v) is 3.24. The maximum absolute atomic E-state index is 12.0. The van der Waals surface area contributed by atoms with Crippen molar-refractivity contribution in [3.05, 3.63) is 53.3 Å². The first kappa shape index (κ1) is 15.3. The molecule has 0 fully saturated rings. The molecule has 1 heterocycles. The molecule has 1 aromatic carbocycles. The van der Waals surface area contributed by atoms with Crippen molar-refractivity contribution in [3.63, 3.8) is 0 Å². The molecule has 21 heavy (non-hydrogen) atoms. The monoisotopic (exact) mass is 325 g/mol. The number of benzene rings is 1. The van der Waals surface area contributed by atoms with Crippen molar-refractivity contribution in [2.45, 2.75) is 0 Å². The van der Waals surface area contributed by atoms with Gasteiger partial charge in [-0.2, -0.15) is 0 Å². The number of pyridine rings is 1. The SMILES string of the molecule is CS(=O)(=O)Nc1cccc(NC(=O)c2ccc(Cl)nc2)c1. The zero-order valence-electron chi connectivity index (χ0n) is 11.0. The van der Waals surface area contributed by atoms with Crippen LogP contribution in [0.25, 0.3) is 0 Å². The Hall–Kier alpha value is -2.12. The number of nitrogens with one attached hydrogen (secondary N) is 2. The summed E-state index contributed by atoms with van der Waals surface area (Å²) in [5, 5.41) is 2.94. The van der Waals surface area contributed by atoms with Gasteiger partial charge in [0.25, 0.3) is 5.91 Å². The number of sulfonamides is 1. The smallest absolute Gasteiger partial charge is 0.257 e. The summed E-state index contributed by atoms with van der Waals surface area (Å²) in [6.07, 6.45) is 2.41. The summed E-state index contributed by atoms with van der Waals surface area (Å²) >= 11 is 5.65. The van der Waals surface area contributed by atoms with E-state index in [1.54, 1.807) is 24.3 Å². The number of carbonyl (C=O) groups excluding carboxylic acids is 1. The molecule has 0 saturated carbocycles. The molecule has 0 aliphatic carbocycles. The fourth-order valence-corrected chi connectivity index (χ4v) is 2.25. The molecule has 0 saturated heterocycles. The number of hydrogen-bond donors (Lipinski definition) is 2. The minimum absolute atomic E-state index is 0.297. The Morgan fingerprint density at radius 3 is 2.52 bits per heavy atom. The average Bonchev–Trinajstić information content (AvgIpc) is 2.37. The van der Waals surface area contributed by atoms with Gasteiger partial charge in [-0.05, 0) is 30.3 Å². The van der Waals surface area contributed by atoms with E-state index in [2.05, 4.69) is 15.0 Å². The maximum atomic E-state index is 12.0. The van der Waals surface area contributed by atoms with Crippen LogP contribution in [-0.2, 0) is 10.0 Å². The first-order valence-corrected chi connectivity index (χ1v) is 8.11. The van der Waals surface area contributed by atoms with Crippen molar-refractivity contribution in [3.8, 4) is 0 Å². The highest BCUT2D eigenvalue weighted by atomic mass is 35.5. The molecule has 8 heteroatoms. The quantitative estimate of drug-likeness (QED) is 0.845. The van der Waals surface area contributed by atoms with E-state index in [1.165, 1.54) is 18.3 Å². The molecule has 0 atom stereocenters. The summed E-state index contributed by atoms with van der Waals surface area (Å²) in [6.45, 7) is 0. The van der Waals surface area contributed by atoms with Gasteiger partial charge in [0.05, 0.1) is 17.5 Å². The number of halogens is 1. The van der Waals surface area contributed by atoms with Gasteiger partial charge in [-0.25, -0.2) is 13.4 Å². The minimum Gasteiger partial charge on any atom is -0.322 e. The molecule has 1 amide bonds. The second kappa shape index (κ2) is 6.11. The van der Waals surface area contributed by atoms with E-state index < -0.39 is 10.0 Å². The summed E-state index contributed by atoms with van der Waals surface area (Å²) in [7, 11) is -3.37. The highest BCUT2D eigenvalue weighted by molar-refractivity contribution is 7.92. The lowest BCUT2D eigenvalue weighted by atomic mass is 10.2. The highest BCUT2D eigenvalue weighted by Gasteiger charge is 2.08. The molecule has 2 rings (SSSR count). The van der Waals surface area contributed by atoms with Crippen molar-refractivity contribution < 1.29 is 13.2 Å². The largest absolute Gasteiger partial charge is 0.322 e. The molecule has 0 unspecified atom stereocenters. The fraction of sp³-hybridized carbons (Fsp3) is 0.0769. The van der Waals surface area contributed by atoms with Gasteiger partial charge in [-0.3, -0.25) is 9.52 Å². The number of rotatable bonds is 4. The van der Waals surface area contributed by atoms with E-state index in [0.29, 0.717) is 22.1 Å².